The molecule has 0 amide bonds. The number of nitrogens with one attached hydrogen (secondary N) is 2. The van der Waals surface area contributed by atoms with Crippen LogP contribution in [0.25, 0.3) is 0 Å². The van der Waals surface area contributed by atoms with Gasteiger partial charge in [0.05, 0.1) is 0 Å². The molecular weight excluding hydrogens is 466 g/mol. The fourth-order valence-electron chi connectivity index (χ4n) is 4.21. The Balaban J connectivity index is 4.79. The quantitative estimate of drug-likeness (QED) is 0.0565. The van der Waals surface area contributed by atoms with Gasteiger partial charge in [-0.3, -0.25) is 19.6 Å². The highest BCUT2D eigenvalue weighted by Gasteiger charge is 2.13. The van der Waals surface area contributed by atoms with Gasteiger partial charge in [-0.1, -0.05) is 20.8 Å². The van der Waals surface area contributed by atoms with Gasteiger partial charge in [-0.15, -0.1) is 0 Å². The van der Waals surface area contributed by atoms with Crippen LogP contribution >= 0.6 is 0 Å². The zero-order valence-corrected chi connectivity index (χ0v) is 24.7. The summed E-state index contributed by atoms with van der Waals surface area (Å²) < 4.78 is 0. The Labute approximate surface area is 229 Å². The van der Waals surface area contributed by atoms with E-state index in [1.165, 1.54) is 6.42 Å². The van der Waals surface area contributed by atoms with Crippen LogP contribution in [0.5, 0.6) is 0 Å². The summed E-state index contributed by atoms with van der Waals surface area (Å²) in [5.41, 5.74) is 29.5. The molecular formula is C26H65N11. The first kappa shape index (κ1) is 36.6. The van der Waals surface area contributed by atoms with Crippen LogP contribution in [0, 0.1) is 5.41 Å². The van der Waals surface area contributed by atoms with Crippen LogP contribution < -0.4 is 39.3 Å². The van der Waals surface area contributed by atoms with Crippen molar-refractivity contribution < 1.29 is 0 Å². The molecule has 0 rings (SSSR count). The lowest BCUT2D eigenvalue weighted by atomic mass is 9.92. The van der Waals surface area contributed by atoms with Crippen LogP contribution in [0.2, 0.25) is 0 Å². The van der Waals surface area contributed by atoms with Crippen molar-refractivity contribution in [2.75, 3.05) is 137 Å². The molecule has 0 spiro atoms. The van der Waals surface area contributed by atoms with Gasteiger partial charge >= 0.3 is 0 Å². The van der Waals surface area contributed by atoms with E-state index in [1.54, 1.807) is 0 Å². The van der Waals surface area contributed by atoms with Crippen molar-refractivity contribution in [2.24, 2.45) is 34.1 Å². The van der Waals surface area contributed by atoms with E-state index in [1.807, 2.05) is 0 Å². The molecule has 11 nitrogen and oxygen atoms in total. The number of hydrogen-bond acceptors (Lipinski definition) is 11. The van der Waals surface area contributed by atoms with E-state index >= 15 is 0 Å². The standard InChI is InChI=1S/C26H65N11/c1-26(2,3)4-10-32-12-18-35(16-8-30)21-24-37(19-13-33-11-5-27)25-23-36(17-9-31)22-20-34(14-6-28)15-7-29/h32-33H,4-25,27-31H2,1-3H3. The van der Waals surface area contributed by atoms with E-state index in [-0.39, 0.29) is 0 Å². The summed E-state index contributed by atoms with van der Waals surface area (Å²) >= 11 is 0. The molecule has 0 aromatic carbocycles. The van der Waals surface area contributed by atoms with E-state index in [0.717, 1.165) is 105 Å². The van der Waals surface area contributed by atoms with Crippen LogP contribution in [0.15, 0.2) is 0 Å². The molecule has 0 saturated carbocycles. The average Bonchev–Trinajstić information content (AvgIpc) is 2.85. The molecule has 0 bridgehead atoms. The molecule has 0 unspecified atom stereocenters. The molecule has 12 N–H and O–H groups in total. The number of nitrogens with zero attached hydrogens (tertiary/aromatic N) is 4. The third kappa shape index (κ3) is 23.2. The van der Waals surface area contributed by atoms with Crippen molar-refractivity contribution in [3.05, 3.63) is 0 Å². The summed E-state index contributed by atoms with van der Waals surface area (Å²) in [6.45, 7) is 25.7. The van der Waals surface area contributed by atoms with Crippen LogP contribution in [-0.4, -0.2) is 157 Å². The molecule has 0 aliphatic heterocycles. The Morgan fingerprint density at radius 1 is 0.405 bits per heavy atom. The molecule has 0 aromatic rings. The Hall–Kier alpha value is -0.440. The van der Waals surface area contributed by atoms with E-state index in [2.05, 4.69) is 51.0 Å². The topological polar surface area (TPSA) is 167 Å². The van der Waals surface area contributed by atoms with Crippen LogP contribution in [0.3, 0.4) is 0 Å². The second-order valence-corrected chi connectivity index (χ2v) is 11.1. The van der Waals surface area contributed by atoms with Crippen molar-refractivity contribution in [2.45, 2.75) is 27.2 Å². The van der Waals surface area contributed by atoms with Crippen molar-refractivity contribution >= 4 is 0 Å². The second-order valence-electron chi connectivity index (χ2n) is 11.1. The maximum absolute atomic E-state index is 5.94. The normalized spacial score (nSPS) is 12.6. The average molecular weight is 532 g/mol. The summed E-state index contributed by atoms with van der Waals surface area (Å²) in [6.07, 6.45) is 1.18. The summed E-state index contributed by atoms with van der Waals surface area (Å²) in [4.78, 5) is 9.86. The van der Waals surface area contributed by atoms with Crippen molar-refractivity contribution in [1.29, 1.82) is 0 Å². The Kier molecular flexibility index (Phi) is 24.3. The van der Waals surface area contributed by atoms with Crippen LogP contribution in [-0.2, 0) is 0 Å². The third-order valence-corrected chi connectivity index (χ3v) is 6.56. The third-order valence-electron chi connectivity index (χ3n) is 6.56. The first-order chi connectivity index (χ1) is 17.8. The molecule has 0 aliphatic rings. The number of hydrogen-bond donors (Lipinski definition) is 7. The van der Waals surface area contributed by atoms with Gasteiger partial charge in [-0.05, 0) is 18.4 Å². The fraction of sp³-hybridized carbons (Fsp3) is 1.00. The summed E-state index contributed by atoms with van der Waals surface area (Å²) in [5.74, 6) is 0. The maximum atomic E-state index is 5.94. The molecule has 0 atom stereocenters. The molecule has 11 heteroatoms. The van der Waals surface area contributed by atoms with Gasteiger partial charge in [0.15, 0.2) is 0 Å². The van der Waals surface area contributed by atoms with E-state index < -0.39 is 0 Å². The van der Waals surface area contributed by atoms with Gasteiger partial charge in [-0.25, -0.2) is 0 Å². The molecule has 0 heterocycles. The monoisotopic (exact) mass is 532 g/mol. The lowest BCUT2D eigenvalue weighted by Gasteiger charge is -2.31. The van der Waals surface area contributed by atoms with Crippen LogP contribution in [0.1, 0.15) is 27.2 Å². The Bertz CT molecular complexity index is 470. The zero-order valence-electron chi connectivity index (χ0n) is 24.7. The highest BCUT2D eigenvalue weighted by molar-refractivity contribution is 4.71. The molecule has 0 radical (unpaired) electrons. The first-order valence-corrected chi connectivity index (χ1v) is 14.6. The minimum atomic E-state index is 0.368. The minimum Gasteiger partial charge on any atom is -0.329 e. The van der Waals surface area contributed by atoms with Gasteiger partial charge in [0, 0.05) is 131 Å². The van der Waals surface area contributed by atoms with Gasteiger partial charge < -0.3 is 39.3 Å². The molecule has 0 fully saturated rings. The maximum Gasteiger partial charge on any atom is 0.0110 e. The van der Waals surface area contributed by atoms with Crippen molar-refractivity contribution in [1.82, 2.24) is 30.2 Å². The van der Waals surface area contributed by atoms with E-state index in [9.17, 15) is 0 Å². The van der Waals surface area contributed by atoms with E-state index in [4.69, 9.17) is 28.7 Å². The summed E-state index contributed by atoms with van der Waals surface area (Å²) in [7, 11) is 0. The molecule has 0 aliphatic carbocycles. The zero-order chi connectivity index (χ0) is 27.8. The Morgan fingerprint density at radius 3 is 1.08 bits per heavy atom. The summed E-state index contributed by atoms with van der Waals surface area (Å²) in [5, 5.41) is 7.05. The predicted octanol–water partition coefficient (Wildman–Crippen LogP) is -2.40. The second kappa shape index (κ2) is 24.6. The SMILES string of the molecule is CC(C)(C)CCNCCN(CCN)CCN(CCNCCN)CCN(CCN)CCN(CCN)CCN. The van der Waals surface area contributed by atoms with Crippen LogP contribution in [0.4, 0.5) is 0 Å². The molecule has 224 valence electrons. The number of nitrogens with two attached hydrogens (primary N) is 5. The van der Waals surface area contributed by atoms with Gasteiger partial charge in [0.2, 0.25) is 0 Å². The van der Waals surface area contributed by atoms with Gasteiger partial charge in [-0.2, -0.15) is 0 Å². The van der Waals surface area contributed by atoms with Crippen molar-refractivity contribution in [3.8, 4) is 0 Å². The first-order valence-electron chi connectivity index (χ1n) is 14.6. The molecule has 37 heavy (non-hydrogen) atoms. The van der Waals surface area contributed by atoms with Gasteiger partial charge in [0.1, 0.15) is 0 Å². The smallest absolute Gasteiger partial charge is 0.0110 e. The minimum absolute atomic E-state index is 0.368. The fourth-order valence-corrected chi connectivity index (χ4v) is 4.21. The van der Waals surface area contributed by atoms with E-state index in [0.29, 0.717) is 38.1 Å². The van der Waals surface area contributed by atoms with Crippen molar-refractivity contribution in [3.63, 3.8) is 0 Å². The lowest BCUT2D eigenvalue weighted by Crippen LogP contribution is -2.46. The molecule has 0 aromatic heterocycles. The highest BCUT2D eigenvalue weighted by Crippen LogP contribution is 2.16. The Morgan fingerprint density at radius 2 is 0.730 bits per heavy atom. The largest absolute Gasteiger partial charge is 0.329 e. The lowest BCUT2D eigenvalue weighted by molar-refractivity contribution is 0.165. The summed E-state index contributed by atoms with van der Waals surface area (Å²) in [6, 6.07) is 0. The van der Waals surface area contributed by atoms with Gasteiger partial charge in [0.25, 0.3) is 0 Å². The number of rotatable bonds is 27. The molecule has 0 saturated heterocycles. The predicted molar refractivity (Wildman–Crippen MR) is 161 cm³/mol. The highest BCUT2D eigenvalue weighted by atomic mass is 15.2.